The summed E-state index contributed by atoms with van der Waals surface area (Å²) in [5, 5.41) is 11.9. The molecule has 150 valence electrons. The summed E-state index contributed by atoms with van der Waals surface area (Å²) in [5.74, 6) is 0.392. The molecular formula is C18H24ClN6O2S+. The van der Waals surface area contributed by atoms with Gasteiger partial charge in [-0.2, -0.15) is 0 Å². The van der Waals surface area contributed by atoms with Crippen molar-refractivity contribution >= 4 is 46.7 Å². The Balaban J connectivity index is 1.68. The van der Waals surface area contributed by atoms with Gasteiger partial charge in [-0.25, -0.2) is 9.78 Å². The van der Waals surface area contributed by atoms with E-state index in [2.05, 4.69) is 15.6 Å². The number of anilines is 2. The Kier molecular flexibility index (Phi) is 6.84. The van der Waals surface area contributed by atoms with E-state index in [-0.39, 0.29) is 18.0 Å². The molecule has 2 aromatic heterocycles. The van der Waals surface area contributed by atoms with Crippen LogP contribution >= 0.6 is 22.9 Å². The van der Waals surface area contributed by atoms with Gasteiger partial charge in [0.25, 0.3) is 0 Å². The predicted octanol–water partition coefficient (Wildman–Crippen LogP) is 0.944. The van der Waals surface area contributed by atoms with Gasteiger partial charge in [-0.1, -0.05) is 11.6 Å². The van der Waals surface area contributed by atoms with Crippen LogP contribution in [0.25, 0.3) is 10.6 Å². The van der Waals surface area contributed by atoms with Crippen LogP contribution < -0.4 is 21.8 Å². The quantitative estimate of drug-likeness (QED) is 0.390. The van der Waals surface area contributed by atoms with Crippen LogP contribution in [0.3, 0.4) is 0 Å². The second-order valence-corrected chi connectivity index (χ2v) is 8.20. The number of ether oxygens (including phenoxy) is 1. The van der Waals surface area contributed by atoms with Crippen molar-refractivity contribution in [2.45, 2.75) is 6.04 Å². The van der Waals surface area contributed by atoms with Crippen LogP contribution in [0.1, 0.15) is 0 Å². The highest BCUT2D eigenvalue weighted by Gasteiger charge is 2.35. The van der Waals surface area contributed by atoms with E-state index < -0.39 is 0 Å². The average Bonchev–Trinajstić information content (AvgIpc) is 3.30. The van der Waals surface area contributed by atoms with Crippen molar-refractivity contribution in [3.8, 4) is 10.6 Å². The lowest BCUT2D eigenvalue weighted by Gasteiger charge is -2.18. The maximum Gasteiger partial charge on any atom is 0.323 e. The van der Waals surface area contributed by atoms with Gasteiger partial charge in [0.1, 0.15) is 6.21 Å². The van der Waals surface area contributed by atoms with Crippen LogP contribution in [0.5, 0.6) is 0 Å². The Bertz CT molecular complexity index is 845. The van der Waals surface area contributed by atoms with Crippen LogP contribution in [0.4, 0.5) is 16.3 Å². The molecule has 0 bridgehead atoms. The molecule has 0 saturated carbocycles. The molecule has 2 unspecified atom stereocenters. The van der Waals surface area contributed by atoms with E-state index in [1.54, 1.807) is 30.4 Å². The lowest BCUT2D eigenvalue weighted by Crippen LogP contribution is -2.44. The number of aromatic nitrogens is 1. The smallest absolute Gasteiger partial charge is 0.323 e. The van der Waals surface area contributed by atoms with Gasteiger partial charge in [-0.15, -0.1) is 11.3 Å². The van der Waals surface area contributed by atoms with E-state index in [9.17, 15) is 4.79 Å². The molecule has 1 fully saturated rings. The van der Waals surface area contributed by atoms with Gasteiger partial charge in [0, 0.05) is 32.8 Å². The lowest BCUT2D eigenvalue weighted by atomic mass is 10.1. The number of rotatable bonds is 7. The second-order valence-electron chi connectivity index (χ2n) is 6.48. The summed E-state index contributed by atoms with van der Waals surface area (Å²) in [6.07, 6.45) is 1.63. The fourth-order valence-corrected chi connectivity index (χ4v) is 4.10. The SMILES string of the molecule is COCCNC1CN(C(=O)Nc2nc(-c3ccc(Cl)s3)ccc2N)CC1C=[NH2+]. The monoisotopic (exact) mass is 423 g/mol. The number of urea groups is 1. The van der Waals surface area contributed by atoms with Crippen molar-refractivity contribution in [3.63, 3.8) is 0 Å². The molecule has 6 N–H and O–H groups in total. The number of carbonyl (C=O) groups is 1. The molecule has 3 rings (SSSR count). The lowest BCUT2D eigenvalue weighted by molar-refractivity contribution is -0.111. The van der Waals surface area contributed by atoms with Crippen LogP contribution in [0.2, 0.25) is 4.34 Å². The highest BCUT2D eigenvalue weighted by atomic mass is 35.5. The predicted molar refractivity (Wildman–Crippen MR) is 113 cm³/mol. The Labute approximate surface area is 172 Å². The topological polar surface area (TPSA) is 118 Å². The Morgan fingerprint density at radius 2 is 2.29 bits per heavy atom. The highest BCUT2D eigenvalue weighted by molar-refractivity contribution is 7.19. The number of halogens is 1. The number of hydrogen-bond acceptors (Lipinski definition) is 6. The van der Waals surface area contributed by atoms with Gasteiger partial charge in [-0.3, -0.25) is 10.7 Å². The molecule has 0 radical (unpaired) electrons. The molecule has 28 heavy (non-hydrogen) atoms. The largest absolute Gasteiger partial charge is 0.396 e. The molecule has 0 spiro atoms. The van der Waals surface area contributed by atoms with E-state index in [0.717, 1.165) is 4.88 Å². The van der Waals surface area contributed by atoms with Crippen molar-refractivity contribution in [3.05, 3.63) is 28.6 Å². The number of carbonyl (C=O) groups excluding carboxylic acids is 1. The van der Waals surface area contributed by atoms with Crippen molar-refractivity contribution in [2.75, 3.05) is 44.4 Å². The van der Waals surface area contributed by atoms with Gasteiger partial charge >= 0.3 is 6.03 Å². The third-order valence-electron chi connectivity index (χ3n) is 4.59. The van der Waals surface area contributed by atoms with Gasteiger partial charge in [0.15, 0.2) is 5.82 Å². The van der Waals surface area contributed by atoms with Gasteiger partial charge < -0.3 is 20.7 Å². The molecular weight excluding hydrogens is 400 g/mol. The molecule has 3 heterocycles. The van der Waals surface area contributed by atoms with Gasteiger partial charge in [0.2, 0.25) is 0 Å². The van der Waals surface area contributed by atoms with Crippen LogP contribution in [0.15, 0.2) is 24.3 Å². The molecule has 1 aliphatic heterocycles. The first-order valence-electron chi connectivity index (χ1n) is 8.87. The zero-order valence-corrected chi connectivity index (χ0v) is 17.1. The molecule has 1 saturated heterocycles. The molecule has 0 aromatic carbocycles. The number of nitrogen functional groups attached to an aromatic ring is 1. The maximum absolute atomic E-state index is 12.7. The highest BCUT2D eigenvalue weighted by Crippen LogP contribution is 2.31. The van der Waals surface area contributed by atoms with Crippen LogP contribution in [0, 0.1) is 5.92 Å². The molecule has 2 atom stereocenters. The molecule has 2 amide bonds. The standard InChI is InChI=1S/C18H23ClN6O2S/c1-27-7-6-22-14-10-25(9-11(14)8-20)18(26)24-17-12(21)2-3-13(23-17)15-4-5-16(19)28-15/h2-5,8,11,14,20,22H,6-7,9-10,21H2,1H3,(H,23,24,26)/p+1. The fourth-order valence-electron chi connectivity index (χ4n) is 3.09. The Hall–Kier alpha value is -2.20. The summed E-state index contributed by atoms with van der Waals surface area (Å²) in [6.45, 7) is 2.35. The molecule has 10 heteroatoms. The Morgan fingerprint density at radius 3 is 2.96 bits per heavy atom. The van der Waals surface area contributed by atoms with Gasteiger partial charge in [0.05, 0.1) is 33.1 Å². The fraction of sp³-hybridized carbons (Fsp3) is 0.389. The van der Waals surface area contributed by atoms with E-state index in [1.165, 1.54) is 11.3 Å². The summed E-state index contributed by atoms with van der Waals surface area (Å²) in [6, 6.07) is 7.04. The van der Waals surface area contributed by atoms with Crippen molar-refractivity contribution < 1.29 is 14.9 Å². The summed E-state index contributed by atoms with van der Waals surface area (Å²) in [7, 11) is 1.65. The molecule has 1 aliphatic rings. The first-order chi connectivity index (χ1) is 13.5. The number of pyridine rings is 1. The van der Waals surface area contributed by atoms with Crippen molar-refractivity contribution in [2.24, 2.45) is 5.92 Å². The first kappa shape index (κ1) is 20.5. The Morgan fingerprint density at radius 1 is 1.46 bits per heavy atom. The average molecular weight is 424 g/mol. The van der Waals surface area contributed by atoms with Crippen LogP contribution in [-0.4, -0.2) is 61.5 Å². The number of nitrogens with two attached hydrogens (primary N) is 2. The number of thiophene rings is 1. The number of methoxy groups -OCH3 is 1. The first-order valence-corrected chi connectivity index (χ1v) is 10.1. The van der Waals surface area contributed by atoms with Crippen molar-refractivity contribution in [1.82, 2.24) is 15.2 Å². The van der Waals surface area contributed by atoms with Crippen LogP contribution in [-0.2, 0) is 4.74 Å². The number of nitrogens with one attached hydrogen (secondary N) is 2. The molecule has 8 nitrogen and oxygen atoms in total. The number of hydrogen-bond donors (Lipinski definition) is 4. The zero-order valence-electron chi connectivity index (χ0n) is 15.5. The van der Waals surface area contributed by atoms with Crippen molar-refractivity contribution in [1.29, 1.82) is 0 Å². The molecule has 0 aliphatic carbocycles. The zero-order chi connectivity index (χ0) is 20.1. The van der Waals surface area contributed by atoms with Gasteiger partial charge in [-0.05, 0) is 24.3 Å². The minimum Gasteiger partial charge on any atom is -0.396 e. The van der Waals surface area contributed by atoms with E-state index in [1.807, 2.05) is 12.1 Å². The minimum absolute atomic E-state index is 0.0625. The van der Waals surface area contributed by atoms with E-state index in [0.29, 0.717) is 47.8 Å². The number of amides is 2. The minimum atomic E-state index is -0.261. The maximum atomic E-state index is 12.7. The van der Waals surface area contributed by atoms with E-state index in [4.69, 9.17) is 27.5 Å². The third-order valence-corrected chi connectivity index (χ3v) is 5.84. The summed E-state index contributed by atoms with van der Waals surface area (Å²) in [5.41, 5.74) is 7.11. The third kappa shape index (κ3) is 4.79. The second kappa shape index (κ2) is 9.33. The number of likely N-dealkylation sites (tertiary alicyclic amines) is 1. The van der Waals surface area contributed by atoms with E-state index >= 15 is 0 Å². The number of nitrogens with zero attached hydrogens (tertiary/aromatic N) is 2. The molecule has 2 aromatic rings. The summed E-state index contributed by atoms with van der Waals surface area (Å²) >= 11 is 7.42. The summed E-state index contributed by atoms with van der Waals surface area (Å²) in [4.78, 5) is 19.8. The summed E-state index contributed by atoms with van der Waals surface area (Å²) < 4.78 is 5.73. The normalized spacial score (nSPS) is 19.0.